The van der Waals surface area contributed by atoms with Crippen LogP contribution in [0.4, 0.5) is 18.9 Å². The number of carbonyl (C=O) groups excluding carboxylic acids is 1. The fourth-order valence-corrected chi connectivity index (χ4v) is 4.43. The quantitative estimate of drug-likeness (QED) is 0.739. The molecule has 31 heavy (non-hydrogen) atoms. The lowest BCUT2D eigenvalue weighted by Gasteiger charge is -2.25. The highest BCUT2D eigenvalue weighted by atomic mass is 19.4. The molecule has 0 radical (unpaired) electrons. The summed E-state index contributed by atoms with van der Waals surface area (Å²) in [5.74, 6) is 0.776. The molecule has 9 heteroatoms. The van der Waals surface area contributed by atoms with Gasteiger partial charge in [0.2, 0.25) is 11.8 Å². The average Bonchev–Trinajstić information content (AvgIpc) is 3.54. The Morgan fingerprint density at radius 2 is 1.94 bits per heavy atom. The minimum Gasteiger partial charge on any atom is -0.472 e. The molecule has 3 heterocycles. The van der Waals surface area contributed by atoms with Crippen LogP contribution in [0.5, 0.6) is 5.88 Å². The molecule has 1 aromatic carbocycles. The number of hydrogen-bond acceptors (Lipinski definition) is 5. The topological polar surface area (TPSA) is 58.6 Å². The maximum absolute atomic E-state index is 13.2. The Morgan fingerprint density at radius 1 is 1.10 bits per heavy atom. The Morgan fingerprint density at radius 3 is 2.65 bits per heavy atom. The molecule has 2 unspecified atom stereocenters. The second kappa shape index (κ2) is 7.78. The van der Waals surface area contributed by atoms with E-state index in [1.54, 1.807) is 18.5 Å². The molecule has 5 rings (SSSR count). The van der Waals surface area contributed by atoms with Crippen LogP contribution in [0.15, 0.2) is 36.7 Å². The molecule has 1 aromatic heterocycles. The maximum atomic E-state index is 13.2. The molecule has 0 bridgehead atoms. The molecule has 3 fully saturated rings. The van der Waals surface area contributed by atoms with Gasteiger partial charge in [0.05, 0.1) is 29.7 Å². The van der Waals surface area contributed by atoms with Gasteiger partial charge in [-0.1, -0.05) is 6.07 Å². The average molecular weight is 432 g/mol. The molecule has 6 nitrogen and oxygen atoms in total. The summed E-state index contributed by atoms with van der Waals surface area (Å²) < 4.78 is 45.3. The van der Waals surface area contributed by atoms with Crippen molar-refractivity contribution in [2.24, 2.45) is 0 Å². The van der Waals surface area contributed by atoms with E-state index in [9.17, 15) is 18.0 Å². The van der Waals surface area contributed by atoms with Crippen molar-refractivity contribution in [2.75, 3.05) is 24.5 Å². The number of benzene rings is 1. The molecule has 2 atom stereocenters. The first-order valence-electron chi connectivity index (χ1n) is 10.6. The molecular weight excluding hydrogens is 409 g/mol. The van der Waals surface area contributed by atoms with Gasteiger partial charge in [0.25, 0.3) is 0 Å². The summed E-state index contributed by atoms with van der Waals surface area (Å²) >= 11 is 0. The van der Waals surface area contributed by atoms with Gasteiger partial charge in [0.15, 0.2) is 0 Å². The highest BCUT2D eigenvalue weighted by Crippen LogP contribution is 2.39. The van der Waals surface area contributed by atoms with Crippen LogP contribution < -0.4 is 9.64 Å². The van der Waals surface area contributed by atoms with E-state index >= 15 is 0 Å². The van der Waals surface area contributed by atoms with Crippen molar-refractivity contribution < 1.29 is 22.7 Å². The van der Waals surface area contributed by atoms with E-state index in [1.807, 2.05) is 0 Å². The number of alkyl halides is 3. The van der Waals surface area contributed by atoms with Crippen molar-refractivity contribution in [3.05, 3.63) is 47.9 Å². The normalized spacial score (nSPS) is 24.7. The predicted octanol–water partition coefficient (Wildman–Crippen LogP) is 3.63. The zero-order valence-electron chi connectivity index (χ0n) is 16.9. The lowest BCUT2D eigenvalue weighted by molar-refractivity contribution is -0.137. The van der Waals surface area contributed by atoms with Gasteiger partial charge in [-0.15, -0.1) is 0 Å². The molecule has 1 aliphatic carbocycles. The summed E-state index contributed by atoms with van der Waals surface area (Å²) in [7, 11) is 0. The third-order valence-corrected chi connectivity index (χ3v) is 6.16. The Kier molecular flexibility index (Phi) is 5.08. The minimum absolute atomic E-state index is 0.182. The number of amides is 1. The van der Waals surface area contributed by atoms with Crippen LogP contribution in [0.25, 0.3) is 0 Å². The van der Waals surface area contributed by atoms with E-state index in [0.29, 0.717) is 44.3 Å². The number of anilines is 1. The molecule has 3 aliphatic rings. The number of aromatic nitrogens is 2. The fourth-order valence-electron chi connectivity index (χ4n) is 4.43. The molecule has 1 amide bonds. The van der Waals surface area contributed by atoms with Gasteiger partial charge in [0, 0.05) is 37.7 Å². The minimum atomic E-state index is -4.45. The summed E-state index contributed by atoms with van der Waals surface area (Å²) in [6.07, 6.45) is 2.18. The highest BCUT2D eigenvalue weighted by molar-refractivity contribution is 5.97. The van der Waals surface area contributed by atoms with Crippen LogP contribution >= 0.6 is 0 Å². The molecule has 2 aromatic rings. The SMILES string of the molecule is O=C1C2CC(Oc3cnc(C4CC4)cn3)CN2CCCN1c1cccc(C(F)(F)F)c1. The number of ether oxygens (including phenoxy) is 1. The first-order valence-corrected chi connectivity index (χ1v) is 10.6. The zero-order chi connectivity index (χ0) is 21.6. The molecule has 0 N–H and O–H groups in total. The monoisotopic (exact) mass is 432 g/mol. The van der Waals surface area contributed by atoms with Gasteiger partial charge in [-0.25, -0.2) is 4.98 Å². The first kappa shape index (κ1) is 20.2. The van der Waals surface area contributed by atoms with Crippen molar-refractivity contribution in [1.82, 2.24) is 14.9 Å². The Balaban J connectivity index is 1.29. The van der Waals surface area contributed by atoms with E-state index in [1.165, 1.54) is 11.0 Å². The fraction of sp³-hybridized carbons (Fsp3) is 0.500. The van der Waals surface area contributed by atoms with Crippen molar-refractivity contribution >= 4 is 11.6 Å². The zero-order valence-corrected chi connectivity index (χ0v) is 16.9. The highest BCUT2D eigenvalue weighted by Gasteiger charge is 2.42. The van der Waals surface area contributed by atoms with Gasteiger partial charge in [-0.2, -0.15) is 13.2 Å². The molecule has 164 valence electrons. The number of halogens is 3. The third-order valence-electron chi connectivity index (χ3n) is 6.16. The van der Waals surface area contributed by atoms with Gasteiger partial charge in [-0.05, 0) is 37.5 Å². The number of nitrogens with zero attached hydrogens (tertiary/aromatic N) is 4. The van der Waals surface area contributed by atoms with E-state index in [2.05, 4.69) is 14.9 Å². The summed E-state index contributed by atoms with van der Waals surface area (Å²) in [4.78, 5) is 25.5. The molecule has 1 saturated carbocycles. The lowest BCUT2D eigenvalue weighted by atomic mass is 10.1. The summed E-state index contributed by atoms with van der Waals surface area (Å²) in [6.45, 7) is 1.67. The smallest absolute Gasteiger partial charge is 0.416 e. The molecular formula is C22H23F3N4O2. The van der Waals surface area contributed by atoms with Gasteiger partial charge in [-0.3, -0.25) is 14.7 Å². The molecule has 0 spiro atoms. The van der Waals surface area contributed by atoms with Gasteiger partial charge in [0.1, 0.15) is 6.10 Å². The van der Waals surface area contributed by atoms with Crippen molar-refractivity contribution in [3.63, 3.8) is 0 Å². The number of fused-ring (bicyclic) bond motifs is 1. The summed E-state index contributed by atoms with van der Waals surface area (Å²) in [5.41, 5.74) is 0.520. The summed E-state index contributed by atoms with van der Waals surface area (Å²) in [5, 5.41) is 0. The van der Waals surface area contributed by atoms with Crippen LogP contribution in [-0.2, 0) is 11.0 Å². The van der Waals surface area contributed by atoms with Gasteiger partial charge >= 0.3 is 6.18 Å². The largest absolute Gasteiger partial charge is 0.472 e. The number of hydrogen-bond donors (Lipinski definition) is 0. The van der Waals surface area contributed by atoms with Crippen molar-refractivity contribution in [1.29, 1.82) is 0 Å². The van der Waals surface area contributed by atoms with Crippen molar-refractivity contribution in [2.45, 2.75) is 49.9 Å². The van der Waals surface area contributed by atoms with Crippen LogP contribution in [0, 0.1) is 0 Å². The Hall–Kier alpha value is -2.68. The van der Waals surface area contributed by atoms with E-state index in [4.69, 9.17) is 4.74 Å². The van der Waals surface area contributed by atoms with E-state index in [0.717, 1.165) is 30.7 Å². The number of rotatable bonds is 4. The van der Waals surface area contributed by atoms with Crippen LogP contribution in [-0.4, -0.2) is 52.6 Å². The standard InChI is InChI=1S/C22H23F3N4O2/c23-22(24,25)15-3-1-4-16(9-15)29-8-2-7-28-13-17(10-19(28)21(29)30)31-20-12-26-18(11-27-20)14-5-6-14/h1,3-4,9,11-12,14,17,19H,2,5-8,10,13H2. The van der Waals surface area contributed by atoms with E-state index < -0.39 is 17.8 Å². The van der Waals surface area contributed by atoms with Crippen LogP contribution in [0.1, 0.15) is 42.9 Å². The molecule has 2 aliphatic heterocycles. The van der Waals surface area contributed by atoms with Crippen LogP contribution in [0.2, 0.25) is 0 Å². The second-order valence-electron chi connectivity index (χ2n) is 8.43. The van der Waals surface area contributed by atoms with Crippen molar-refractivity contribution in [3.8, 4) is 5.88 Å². The number of carbonyl (C=O) groups is 1. The Labute approximate surface area is 178 Å². The predicted molar refractivity (Wildman–Crippen MR) is 107 cm³/mol. The lowest BCUT2D eigenvalue weighted by Crippen LogP contribution is -2.42. The summed E-state index contributed by atoms with van der Waals surface area (Å²) in [6, 6.07) is 4.56. The second-order valence-corrected chi connectivity index (χ2v) is 8.43. The maximum Gasteiger partial charge on any atom is 0.416 e. The van der Waals surface area contributed by atoms with E-state index in [-0.39, 0.29) is 17.7 Å². The Bertz CT molecular complexity index is 962. The van der Waals surface area contributed by atoms with Crippen LogP contribution in [0.3, 0.4) is 0 Å². The van der Waals surface area contributed by atoms with Gasteiger partial charge < -0.3 is 9.64 Å². The molecule has 2 saturated heterocycles. The first-order chi connectivity index (χ1) is 14.9. The third kappa shape index (κ3) is 4.23.